The number of hydrogen-bond donors (Lipinski definition) is 2. The summed E-state index contributed by atoms with van der Waals surface area (Å²) in [7, 11) is 0. The lowest BCUT2D eigenvalue weighted by molar-refractivity contribution is -0.112. The molecule has 0 aromatic heterocycles. The number of carbonyl (C=O) groups excluding carboxylic acids is 2. The number of rotatable bonds is 6. The highest BCUT2D eigenvalue weighted by Crippen LogP contribution is 2.23. The second kappa shape index (κ2) is 9.55. The van der Waals surface area contributed by atoms with E-state index in [-0.39, 0.29) is 12.2 Å². The van der Waals surface area contributed by atoms with Gasteiger partial charge in [0.05, 0.1) is 17.9 Å². The fourth-order valence-electron chi connectivity index (χ4n) is 2.14. The molecule has 0 saturated heterocycles. The molecule has 2 N–H and O–H groups in total. The summed E-state index contributed by atoms with van der Waals surface area (Å²) in [4.78, 5) is 23.9. The van der Waals surface area contributed by atoms with E-state index in [0.29, 0.717) is 11.3 Å². The van der Waals surface area contributed by atoms with E-state index in [2.05, 4.69) is 26.6 Å². The number of benzene rings is 2. The topological polar surface area (TPSA) is 91.2 Å². The van der Waals surface area contributed by atoms with Crippen LogP contribution in [0, 0.1) is 18.3 Å². The van der Waals surface area contributed by atoms with E-state index < -0.39 is 11.9 Å². The van der Waals surface area contributed by atoms with Crippen LogP contribution in [-0.2, 0) is 9.53 Å². The molecule has 7 heteroatoms. The molecule has 0 saturated carbocycles. The van der Waals surface area contributed by atoms with Crippen LogP contribution in [0.25, 0.3) is 0 Å². The Bertz CT molecular complexity index is 915. The highest BCUT2D eigenvalue weighted by Gasteiger charge is 2.11. The van der Waals surface area contributed by atoms with Crippen molar-refractivity contribution in [3.8, 4) is 6.07 Å². The molecule has 1 amide bonds. The number of hydrogen-bond acceptors (Lipinski definition) is 5. The van der Waals surface area contributed by atoms with E-state index in [1.54, 1.807) is 31.2 Å². The van der Waals surface area contributed by atoms with Gasteiger partial charge in [-0.15, -0.1) is 0 Å². The van der Waals surface area contributed by atoms with Crippen LogP contribution in [0.15, 0.2) is 58.7 Å². The summed E-state index contributed by atoms with van der Waals surface area (Å²) in [5.74, 6) is -0.988. The highest BCUT2D eigenvalue weighted by molar-refractivity contribution is 9.10. The smallest absolute Gasteiger partial charge is 0.338 e. The monoisotopic (exact) mass is 427 g/mol. The summed E-state index contributed by atoms with van der Waals surface area (Å²) >= 11 is 3.43. The Morgan fingerprint density at radius 3 is 2.52 bits per heavy atom. The normalized spacial score (nSPS) is 10.7. The minimum atomic E-state index is -0.558. The Hall–Kier alpha value is -3.11. The lowest BCUT2D eigenvalue weighted by Gasteiger charge is -2.08. The fourth-order valence-corrected chi connectivity index (χ4v) is 2.75. The molecule has 0 aliphatic rings. The third-order valence-electron chi connectivity index (χ3n) is 3.52. The SMILES string of the molecule is CCOC(=O)c1ccc(NC(=O)/C(C#N)=C\Nc2ccc(C)cc2Br)cc1. The molecule has 0 heterocycles. The summed E-state index contributed by atoms with van der Waals surface area (Å²) in [6, 6.07) is 13.8. The van der Waals surface area contributed by atoms with Crippen molar-refractivity contribution in [2.75, 3.05) is 17.2 Å². The molecule has 2 aromatic rings. The third-order valence-corrected chi connectivity index (χ3v) is 4.17. The second-order valence-electron chi connectivity index (χ2n) is 5.55. The molecular weight excluding hydrogens is 410 g/mol. The molecule has 27 heavy (non-hydrogen) atoms. The van der Waals surface area contributed by atoms with Crippen LogP contribution >= 0.6 is 15.9 Å². The van der Waals surface area contributed by atoms with Gasteiger partial charge in [0, 0.05) is 16.4 Å². The number of amides is 1. The molecule has 0 aliphatic carbocycles. The van der Waals surface area contributed by atoms with Crippen LogP contribution in [0.4, 0.5) is 11.4 Å². The van der Waals surface area contributed by atoms with Gasteiger partial charge < -0.3 is 15.4 Å². The minimum absolute atomic E-state index is 0.0862. The van der Waals surface area contributed by atoms with Crippen LogP contribution in [0.2, 0.25) is 0 Å². The molecule has 2 aromatic carbocycles. The zero-order chi connectivity index (χ0) is 19.8. The predicted octanol–water partition coefficient (Wildman–Crippen LogP) is 4.39. The Morgan fingerprint density at radius 1 is 1.22 bits per heavy atom. The van der Waals surface area contributed by atoms with Crippen molar-refractivity contribution in [3.63, 3.8) is 0 Å². The number of nitriles is 1. The number of nitrogens with zero attached hydrogens (tertiary/aromatic N) is 1. The standard InChI is InChI=1S/C20H18BrN3O3/c1-3-27-20(26)14-5-7-16(8-6-14)24-19(25)15(11-22)12-23-18-9-4-13(2)10-17(18)21/h4-10,12,23H,3H2,1-2H3,(H,24,25)/b15-12-. The molecule has 6 nitrogen and oxygen atoms in total. The number of esters is 1. The summed E-state index contributed by atoms with van der Waals surface area (Å²) in [5, 5.41) is 14.8. The van der Waals surface area contributed by atoms with Crippen molar-refractivity contribution in [3.05, 3.63) is 69.8 Å². The van der Waals surface area contributed by atoms with Crippen molar-refractivity contribution < 1.29 is 14.3 Å². The van der Waals surface area contributed by atoms with E-state index in [0.717, 1.165) is 15.7 Å². The van der Waals surface area contributed by atoms with E-state index in [1.165, 1.54) is 6.20 Å². The Labute approximate surface area is 166 Å². The minimum Gasteiger partial charge on any atom is -0.462 e. The van der Waals surface area contributed by atoms with Gasteiger partial charge in [-0.2, -0.15) is 5.26 Å². The first-order valence-corrected chi connectivity index (χ1v) is 8.95. The fraction of sp³-hybridized carbons (Fsp3) is 0.150. The molecule has 0 atom stereocenters. The first kappa shape index (κ1) is 20.2. The lowest BCUT2D eigenvalue weighted by Crippen LogP contribution is -2.14. The number of anilines is 2. The number of aryl methyl sites for hydroxylation is 1. The van der Waals surface area contributed by atoms with E-state index in [1.807, 2.05) is 31.2 Å². The molecule has 0 unspecified atom stereocenters. The average Bonchev–Trinajstić information content (AvgIpc) is 2.64. The Balaban J connectivity index is 2.06. The van der Waals surface area contributed by atoms with Crippen molar-refractivity contribution in [1.29, 1.82) is 5.26 Å². The summed E-state index contributed by atoms with van der Waals surface area (Å²) < 4.78 is 5.73. The van der Waals surface area contributed by atoms with E-state index in [4.69, 9.17) is 4.74 Å². The van der Waals surface area contributed by atoms with Gasteiger partial charge in [-0.05, 0) is 71.7 Å². The summed E-state index contributed by atoms with van der Waals surface area (Å²) in [5.41, 5.74) is 2.58. The maximum atomic E-state index is 12.3. The number of halogens is 1. The van der Waals surface area contributed by atoms with E-state index in [9.17, 15) is 14.9 Å². The van der Waals surface area contributed by atoms with Gasteiger partial charge in [-0.3, -0.25) is 4.79 Å². The zero-order valence-electron chi connectivity index (χ0n) is 14.9. The Morgan fingerprint density at radius 2 is 1.93 bits per heavy atom. The quantitative estimate of drug-likeness (QED) is 0.405. The molecule has 0 radical (unpaired) electrons. The van der Waals surface area contributed by atoms with Crippen LogP contribution in [0.3, 0.4) is 0 Å². The van der Waals surface area contributed by atoms with Crippen molar-refractivity contribution in [2.24, 2.45) is 0 Å². The largest absolute Gasteiger partial charge is 0.462 e. The first-order valence-electron chi connectivity index (χ1n) is 8.16. The van der Waals surface area contributed by atoms with Gasteiger partial charge in [-0.1, -0.05) is 6.07 Å². The molecule has 0 fully saturated rings. The predicted molar refractivity (Wildman–Crippen MR) is 107 cm³/mol. The number of nitrogens with one attached hydrogen (secondary N) is 2. The van der Waals surface area contributed by atoms with Gasteiger partial charge in [0.1, 0.15) is 11.6 Å². The zero-order valence-corrected chi connectivity index (χ0v) is 16.5. The van der Waals surface area contributed by atoms with E-state index >= 15 is 0 Å². The van der Waals surface area contributed by atoms with Crippen molar-refractivity contribution >= 4 is 39.2 Å². The van der Waals surface area contributed by atoms with Crippen molar-refractivity contribution in [1.82, 2.24) is 0 Å². The van der Waals surface area contributed by atoms with Gasteiger partial charge in [0.2, 0.25) is 0 Å². The first-order chi connectivity index (χ1) is 12.9. The maximum absolute atomic E-state index is 12.3. The molecule has 0 spiro atoms. The number of carbonyl (C=O) groups is 2. The van der Waals surface area contributed by atoms with Crippen LogP contribution in [-0.4, -0.2) is 18.5 Å². The Kier molecular flexibility index (Phi) is 7.15. The summed E-state index contributed by atoms with van der Waals surface area (Å²) in [6.07, 6.45) is 1.34. The van der Waals surface area contributed by atoms with Gasteiger partial charge in [-0.25, -0.2) is 4.79 Å². The average molecular weight is 428 g/mol. The maximum Gasteiger partial charge on any atom is 0.338 e. The van der Waals surface area contributed by atoms with Gasteiger partial charge >= 0.3 is 5.97 Å². The molecule has 138 valence electrons. The third kappa shape index (κ3) is 5.69. The van der Waals surface area contributed by atoms with Crippen LogP contribution < -0.4 is 10.6 Å². The molecule has 0 bridgehead atoms. The molecule has 2 rings (SSSR count). The van der Waals surface area contributed by atoms with Crippen LogP contribution in [0.5, 0.6) is 0 Å². The molecule has 0 aliphatic heterocycles. The highest BCUT2D eigenvalue weighted by atomic mass is 79.9. The van der Waals surface area contributed by atoms with Crippen LogP contribution in [0.1, 0.15) is 22.8 Å². The van der Waals surface area contributed by atoms with Gasteiger partial charge in [0.15, 0.2) is 0 Å². The van der Waals surface area contributed by atoms with Crippen molar-refractivity contribution in [2.45, 2.75) is 13.8 Å². The molecular formula is C20H18BrN3O3. The number of ether oxygens (including phenoxy) is 1. The second-order valence-corrected chi connectivity index (χ2v) is 6.40. The lowest BCUT2D eigenvalue weighted by atomic mass is 10.2. The van der Waals surface area contributed by atoms with Gasteiger partial charge in [0.25, 0.3) is 5.91 Å². The summed E-state index contributed by atoms with van der Waals surface area (Å²) in [6.45, 7) is 3.98.